The van der Waals surface area contributed by atoms with Gasteiger partial charge in [0.15, 0.2) is 12.4 Å². The highest BCUT2D eigenvalue weighted by Crippen LogP contribution is 2.23. The first-order valence-corrected chi connectivity index (χ1v) is 10.2. The zero-order valence-electron chi connectivity index (χ0n) is 17.6. The lowest BCUT2D eigenvalue weighted by molar-refractivity contribution is -0.386. The Morgan fingerprint density at radius 1 is 1.06 bits per heavy atom. The molecule has 4 rings (SSSR count). The fourth-order valence-electron chi connectivity index (χ4n) is 3.97. The van der Waals surface area contributed by atoms with Crippen molar-refractivity contribution in [3.05, 3.63) is 81.4 Å². The number of hydrogen-bond donors (Lipinski definition) is 0. The number of nitrogens with zero attached hydrogens (tertiary/aromatic N) is 5. The third kappa shape index (κ3) is 4.25. The van der Waals surface area contributed by atoms with E-state index in [1.165, 1.54) is 0 Å². The number of piperazine rings is 1. The fraction of sp³-hybridized carbons (Fsp3) is 0.318. The van der Waals surface area contributed by atoms with Gasteiger partial charge >= 0.3 is 5.69 Å². The highest BCUT2D eigenvalue weighted by atomic mass is 16.6. The van der Waals surface area contributed by atoms with Gasteiger partial charge < -0.3 is 9.80 Å². The lowest BCUT2D eigenvalue weighted by Crippen LogP contribution is -2.48. The topological polar surface area (TPSA) is 98.7 Å². The molecule has 1 aliphatic heterocycles. The number of benzene rings is 1. The molecule has 1 aliphatic rings. The second-order valence-electron chi connectivity index (χ2n) is 7.67. The van der Waals surface area contributed by atoms with Crippen molar-refractivity contribution in [1.29, 1.82) is 0 Å². The summed E-state index contributed by atoms with van der Waals surface area (Å²) < 4.78 is 1.63. The van der Waals surface area contributed by atoms with E-state index in [-0.39, 0.29) is 11.6 Å². The molecule has 2 aromatic heterocycles. The van der Waals surface area contributed by atoms with Crippen LogP contribution in [0.25, 0.3) is 0 Å². The summed E-state index contributed by atoms with van der Waals surface area (Å²) in [6.45, 7) is 6.70. The minimum atomic E-state index is -0.397. The van der Waals surface area contributed by atoms with Gasteiger partial charge in [0, 0.05) is 49.6 Å². The second-order valence-corrected chi connectivity index (χ2v) is 7.67. The number of pyridine rings is 1. The summed E-state index contributed by atoms with van der Waals surface area (Å²) >= 11 is 0. The first-order chi connectivity index (χ1) is 14.9. The molecule has 0 radical (unpaired) electrons. The molecule has 1 N–H and O–H groups in total. The zero-order chi connectivity index (χ0) is 22.0. The molecule has 0 aliphatic carbocycles. The Morgan fingerprint density at radius 3 is 2.29 bits per heavy atom. The van der Waals surface area contributed by atoms with Gasteiger partial charge in [-0.2, -0.15) is 5.10 Å². The average molecular weight is 421 g/mol. The third-order valence-corrected chi connectivity index (χ3v) is 5.69. The molecule has 0 atom stereocenters. The number of aryl methyl sites for hydroxylation is 1. The number of amides is 1. The van der Waals surface area contributed by atoms with Crippen molar-refractivity contribution in [2.24, 2.45) is 0 Å². The summed E-state index contributed by atoms with van der Waals surface area (Å²) in [6.07, 6.45) is 3.80. The van der Waals surface area contributed by atoms with Crippen molar-refractivity contribution >= 4 is 17.3 Å². The Bertz CT molecular complexity index is 1090. The molecule has 1 amide bonds. The van der Waals surface area contributed by atoms with Crippen molar-refractivity contribution < 1.29 is 14.7 Å². The summed E-state index contributed by atoms with van der Waals surface area (Å²) in [6, 6.07) is 11.5. The van der Waals surface area contributed by atoms with Gasteiger partial charge in [-0.25, -0.2) is 4.98 Å². The average Bonchev–Trinajstić information content (AvgIpc) is 3.07. The van der Waals surface area contributed by atoms with Crippen LogP contribution < -0.4 is 9.88 Å². The highest BCUT2D eigenvalue weighted by molar-refractivity contribution is 5.94. The molecule has 9 heteroatoms. The molecule has 3 aromatic rings. The Balaban J connectivity index is 1.39. The fourth-order valence-corrected chi connectivity index (χ4v) is 3.97. The van der Waals surface area contributed by atoms with Gasteiger partial charge in [-0.1, -0.05) is 12.1 Å². The smallest absolute Gasteiger partial charge is 0.312 e. The van der Waals surface area contributed by atoms with Crippen LogP contribution in [0, 0.1) is 24.0 Å². The number of hydrogen-bond acceptors (Lipinski definition) is 5. The molecule has 160 valence electrons. The Labute approximate surface area is 180 Å². The first-order valence-electron chi connectivity index (χ1n) is 10.2. The molecule has 3 heterocycles. The summed E-state index contributed by atoms with van der Waals surface area (Å²) in [5.41, 5.74) is 3.71. The molecule has 9 nitrogen and oxygen atoms in total. The SMILES string of the molecule is Cc1nn(Cc2ccc(C(=O)N3CCN(c4cc[nH+]cc4)CC3)cc2)c(C)c1[N+](=O)[O-]. The molecule has 1 fully saturated rings. The number of nitro groups is 1. The highest BCUT2D eigenvalue weighted by Gasteiger charge is 2.23. The quantitative estimate of drug-likeness (QED) is 0.465. The lowest BCUT2D eigenvalue weighted by Gasteiger charge is -2.35. The molecule has 31 heavy (non-hydrogen) atoms. The van der Waals surface area contributed by atoms with E-state index in [2.05, 4.69) is 15.0 Å². The Hall–Kier alpha value is -3.75. The largest absolute Gasteiger partial charge is 0.368 e. The molecule has 0 bridgehead atoms. The van der Waals surface area contributed by atoms with Crippen molar-refractivity contribution in [1.82, 2.24) is 14.7 Å². The van der Waals surface area contributed by atoms with Crippen LogP contribution in [0.1, 0.15) is 27.3 Å². The van der Waals surface area contributed by atoms with Crippen LogP contribution in [0.2, 0.25) is 0 Å². The van der Waals surface area contributed by atoms with Gasteiger partial charge in [-0.3, -0.25) is 19.6 Å². The molecule has 0 unspecified atom stereocenters. The van der Waals surface area contributed by atoms with Gasteiger partial charge in [0.2, 0.25) is 0 Å². The van der Waals surface area contributed by atoms with Gasteiger partial charge in [-0.15, -0.1) is 0 Å². The predicted molar refractivity (Wildman–Crippen MR) is 115 cm³/mol. The van der Waals surface area contributed by atoms with Crippen LogP contribution >= 0.6 is 0 Å². The number of aromatic nitrogens is 3. The Morgan fingerprint density at radius 2 is 1.71 bits per heavy atom. The molecule has 1 saturated heterocycles. The molecule has 1 aromatic carbocycles. The van der Waals surface area contributed by atoms with E-state index in [9.17, 15) is 14.9 Å². The van der Waals surface area contributed by atoms with Gasteiger partial charge in [0.05, 0.1) is 11.5 Å². The van der Waals surface area contributed by atoms with Crippen molar-refractivity contribution in [3.63, 3.8) is 0 Å². The molecular weight excluding hydrogens is 396 g/mol. The lowest BCUT2D eigenvalue weighted by atomic mass is 10.1. The summed E-state index contributed by atoms with van der Waals surface area (Å²) in [4.78, 5) is 30.9. The normalized spacial score (nSPS) is 14.0. The van der Waals surface area contributed by atoms with E-state index in [0.717, 1.165) is 24.3 Å². The second kappa shape index (κ2) is 8.55. The predicted octanol–water partition coefficient (Wildman–Crippen LogP) is 2.23. The van der Waals surface area contributed by atoms with E-state index >= 15 is 0 Å². The number of anilines is 1. The minimum absolute atomic E-state index is 0.0225. The van der Waals surface area contributed by atoms with Crippen LogP contribution in [0.15, 0.2) is 48.8 Å². The van der Waals surface area contributed by atoms with E-state index < -0.39 is 4.92 Å². The van der Waals surface area contributed by atoms with Gasteiger partial charge in [0.25, 0.3) is 5.91 Å². The number of nitrogens with one attached hydrogen (secondary N) is 1. The summed E-state index contributed by atoms with van der Waals surface area (Å²) in [5, 5.41) is 15.5. The van der Waals surface area contributed by atoms with Crippen LogP contribution in [0.4, 0.5) is 11.4 Å². The maximum absolute atomic E-state index is 12.9. The van der Waals surface area contributed by atoms with Crippen molar-refractivity contribution in [2.75, 3.05) is 31.1 Å². The zero-order valence-corrected chi connectivity index (χ0v) is 17.6. The number of aromatic amines is 1. The molecule has 0 saturated carbocycles. The van der Waals surface area contributed by atoms with Crippen LogP contribution in [-0.4, -0.2) is 51.7 Å². The van der Waals surface area contributed by atoms with Crippen LogP contribution in [-0.2, 0) is 6.54 Å². The maximum Gasteiger partial charge on any atom is 0.312 e. The molecule has 0 spiro atoms. The minimum Gasteiger partial charge on any atom is -0.368 e. The maximum atomic E-state index is 12.9. The number of H-pyrrole nitrogens is 1. The van der Waals surface area contributed by atoms with Crippen LogP contribution in [0.3, 0.4) is 0 Å². The summed E-state index contributed by atoms with van der Waals surface area (Å²) in [5.74, 6) is 0.0225. The third-order valence-electron chi connectivity index (χ3n) is 5.69. The summed E-state index contributed by atoms with van der Waals surface area (Å²) in [7, 11) is 0. The number of carbonyl (C=O) groups excluding carboxylic acids is 1. The van der Waals surface area contributed by atoms with E-state index in [1.54, 1.807) is 18.5 Å². The van der Waals surface area contributed by atoms with Gasteiger partial charge in [0.1, 0.15) is 11.4 Å². The molecular formula is C22H25N6O3+. The van der Waals surface area contributed by atoms with Crippen molar-refractivity contribution in [3.8, 4) is 0 Å². The van der Waals surface area contributed by atoms with Crippen molar-refractivity contribution in [2.45, 2.75) is 20.4 Å². The first kappa shape index (κ1) is 20.5. The van der Waals surface area contributed by atoms with E-state index in [4.69, 9.17) is 0 Å². The Kier molecular flexibility index (Phi) is 5.66. The number of carbonyl (C=O) groups is 1. The number of rotatable bonds is 5. The monoisotopic (exact) mass is 421 g/mol. The standard InChI is InChI=1S/C22H24N6O3/c1-16-21(28(30)31)17(2)27(24-16)15-18-3-5-19(6-4-18)22(29)26-13-11-25(12-14-26)20-7-9-23-10-8-20/h3-10H,11-15H2,1-2H3/p+1. The van der Waals surface area contributed by atoms with E-state index in [0.29, 0.717) is 36.6 Å². The van der Waals surface area contributed by atoms with Gasteiger partial charge in [-0.05, 0) is 31.5 Å². The van der Waals surface area contributed by atoms with Crippen LogP contribution in [0.5, 0.6) is 0 Å². The van der Waals surface area contributed by atoms with E-state index in [1.807, 2.05) is 53.7 Å².